The molecule has 0 bridgehead atoms. The molecule has 4 rings (SSSR count). The van der Waals surface area contributed by atoms with Crippen LogP contribution in [-0.4, -0.2) is 36.6 Å². The normalized spacial score (nSPS) is 17.4. The van der Waals surface area contributed by atoms with Crippen LogP contribution in [0, 0.1) is 11.7 Å². The molecule has 2 heterocycles. The van der Waals surface area contributed by atoms with E-state index in [1.807, 2.05) is 24.3 Å². The molecule has 1 aliphatic heterocycles. The third-order valence-electron chi connectivity index (χ3n) is 6.07. The van der Waals surface area contributed by atoms with E-state index in [0.29, 0.717) is 28.9 Å². The minimum atomic E-state index is -0.635. The SMILES string of the molecule is CC(Oc1cc(-c2ccc(OCC3CCCN(C)C3)cc2)cnc1N)c1c(Cl)ccc(F)c1Cl. The van der Waals surface area contributed by atoms with Crippen LogP contribution in [0.25, 0.3) is 11.1 Å². The second-order valence-corrected chi connectivity index (χ2v) is 9.52. The number of anilines is 1. The summed E-state index contributed by atoms with van der Waals surface area (Å²) in [4.78, 5) is 6.62. The Morgan fingerprint density at radius 2 is 1.94 bits per heavy atom. The highest BCUT2D eigenvalue weighted by Gasteiger charge is 2.20. The molecular weight excluding hydrogens is 476 g/mol. The van der Waals surface area contributed by atoms with Crippen molar-refractivity contribution in [2.45, 2.75) is 25.9 Å². The summed E-state index contributed by atoms with van der Waals surface area (Å²) in [5, 5.41) is 0.246. The van der Waals surface area contributed by atoms with E-state index in [1.54, 1.807) is 19.2 Å². The number of nitrogen functional groups attached to an aromatic ring is 1. The van der Waals surface area contributed by atoms with E-state index in [0.717, 1.165) is 30.0 Å². The number of nitrogens with two attached hydrogens (primary N) is 1. The zero-order valence-electron chi connectivity index (χ0n) is 19.2. The maximum absolute atomic E-state index is 13.9. The van der Waals surface area contributed by atoms with Crippen LogP contribution in [0.15, 0.2) is 48.7 Å². The van der Waals surface area contributed by atoms with Crippen molar-refractivity contribution in [2.24, 2.45) is 5.92 Å². The molecule has 1 aromatic heterocycles. The molecule has 0 amide bonds. The summed E-state index contributed by atoms with van der Waals surface area (Å²) >= 11 is 12.4. The molecule has 2 N–H and O–H groups in total. The zero-order chi connectivity index (χ0) is 24.2. The van der Waals surface area contributed by atoms with Crippen LogP contribution >= 0.6 is 23.2 Å². The van der Waals surface area contributed by atoms with E-state index < -0.39 is 11.9 Å². The fourth-order valence-corrected chi connectivity index (χ4v) is 4.92. The quantitative estimate of drug-likeness (QED) is 0.366. The number of pyridine rings is 1. The van der Waals surface area contributed by atoms with Gasteiger partial charge in [0.15, 0.2) is 11.6 Å². The van der Waals surface area contributed by atoms with Gasteiger partial charge in [0.2, 0.25) is 0 Å². The molecule has 0 saturated carbocycles. The molecule has 1 fully saturated rings. The van der Waals surface area contributed by atoms with E-state index in [9.17, 15) is 4.39 Å². The Morgan fingerprint density at radius 3 is 2.68 bits per heavy atom. The number of rotatable bonds is 7. The number of hydrogen-bond donors (Lipinski definition) is 1. The topological polar surface area (TPSA) is 60.6 Å². The van der Waals surface area contributed by atoms with Crippen LogP contribution in [0.5, 0.6) is 11.5 Å². The maximum Gasteiger partial charge on any atom is 0.166 e. The standard InChI is InChI=1S/C26H28Cl2FN3O2/c1-16(24-21(27)9-10-22(29)25(24)28)34-23-12-19(13-31-26(23)30)18-5-7-20(8-6-18)33-15-17-4-3-11-32(2)14-17/h5-10,12-13,16-17H,3-4,11,14-15H2,1-2H3,(H2,30,31). The number of hydrogen-bond acceptors (Lipinski definition) is 5. The van der Waals surface area contributed by atoms with Crippen LogP contribution in [0.2, 0.25) is 10.0 Å². The van der Waals surface area contributed by atoms with Gasteiger partial charge in [0.1, 0.15) is 17.7 Å². The van der Waals surface area contributed by atoms with Crippen LogP contribution in [0.4, 0.5) is 10.2 Å². The molecule has 1 saturated heterocycles. The summed E-state index contributed by atoms with van der Waals surface area (Å²) in [7, 11) is 2.15. The summed E-state index contributed by atoms with van der Waals surface area (Å²) in [5.41, 5.74) is 8.17. The highest BCUT2D eigenvalue weighted by atomic mass is 35.5. The molecule has 180 valence electrons. The molecular formula is C26H28Cl2FN3O2. The Hall–Kier alpha value is -2.54. The Bertz CT molecular complexity index is 1140. The van der Waals surface area contributed by atoms with Crippen molar-refractivity contribution in [1.29, 1.82) is 0 Å². The Labute approximate surface area is 209 Å². The van der Waals surface area contributed by atoms with E-state index >= 15 is 0 Å². The first-order chi connectivity index (χ1) is 16.3. The van der Waals surface area contributed by atoms with Crippen molar-refractivity contribution >= 4 is 29.0 Å². The molecule has 1 aliphatic rings. The fourth-order valence-electron chi connectivity index (χ4n) is 4.24. The van der Waals surface area contributed by atoms with Crippen LogP contribution in [0.3, 0.4) is 0 Å². The predicted molar refractivity (Wildman–Crippen MR) is 135 cm³/mol. The van der Waals surface area contributed by atoms with Gasteiger partial charge < -0.3 is 20.1 Å². The zero-order valence-corrected chi connectivity index (χ0v) is 20.7. The third-order valence-corrected chi connectivity index (χ3v) is 6.78. The lowest BCUT2D eigenvalue weighted by atomic mass is 9.99. The minimum Gasteiger partial charge on any atom is -0.493 e. The predicted octanol–water partition coefficient (Wildman–Crippen LogP) is 6.64. The molecule has 0 radical (unpaired) electrons. The van der Waals surface area contributed by atoms with E-state index in [-0.39, 0.29) is 10.8 Å². The molecule has 2 unspecified atom stereocenters. The molecule has 2 atom stereocenters. The first-order valence-electron chi connectivity index (χ1n) is 11.3. The summed E-state index contributed by atoms with van der Waals surface area (Å²) < 4.78 is 26.0. The minimum absolute atomic E-state index is 0.0712. The lowest BCUT2D eigenvalue weighted by molar-refractivity contribution is 0.150. The second kappa shape index (κ2) is 10.8. The molecule has 2 aromatic carbocycles. The monoisotopic (exact) mass is 503 g/mol. The van der Waals surface area contributed by atoms with E-state index in [4.69, 9.17) is 38.4 Å². The summed E-state index contributed by atoms with van der Waals surface area (Å²) in [5.74, 6) is 1.41. The van der Waals surface area contributed by atoms with Gasteiger partial charge in [-0.1, -0.05) is 35.3 Å². The first-order valence-corrected chi connectivity index (χ1v) is 12.0. The fraction of sp³-hybridized carbons (Fsp3) is 0.346. The van der Waals surface area contributed by atoms with Gasteiger partial charge in [-0.3, -0.25) is 0 Å². The number of benzene rings is 2. The summed E-state index contributed by atoms with van der Waals surface area (Å²) in [6.07, 6.45) is 3.47. The van der Waals surface area contributed by atoms with Gasteiger partial charge in [-0.05, 0) is 69.3 Å². The number of ether oxygens (including phenoxy) is 2. The Morgan fingerprint density at radius 1 is 1.18 bits per heavy atom. The van der Waals surface area contributed by atoms with Crippen molar-refractivity contribution in [3.63, 3.8) is 0 Å². The molecule has 34 heavy (non-hydrogen) atoms. The largest absolute Gasteiger partial charge is 0.493 e. The molecule has 0 spiro atoms. The Balaban J connectivity index is 1.46. The van der Waals surface area contributed by atoms with Gasteiger partial charge in [-0.15, -0.1) is 0 Å². The van der Waals surface area contributed by atoms with Gasteiger partial charge in [0.05, 0.1) is 11.6 Å². The van der Waals surface area contributed by atoms with E-state index in [2.05, 4.69) is 16.9 Å². The molecule has 5 nitrogen and oxygen atoms in total. The number of nitrogens with zero attached hydrogens (tertiary/aromatic N) is 2. The first kappa shape index (κ1) is 24.6. The van der Waals surface area contributed by atoms with Crippen molar-refractivity contribution in [1.82, 2.24) is 9.88 Å². The average Bonchev–Trinajstić information content (AvgIpc) is 2.82. The molecule has 8 heteroatoms. The molecule has 0 aliphatic carbocycles. The number of likely N-dealkylation sites (tertiary alicyclic amines) is 1. The summed E-state index contributed by atoms with van der Waals surface area (Å²) in [6, 6.07) is 12.3. The highest BCUT2D eigenvalue weighted by Crippen LogP contribution is 2.37. The lowest BCUT2D eigenvalue weighted by Gasteiger charge is -2.29. The van der Waals surface area contributed by atoms with E-state index in [1.165, 1.54) is 25.0 Å². The van der Waals surface area contributed by atoms with Crippen LogP contribution < -0.4 is 15.2 Å². The lowest BCUT2D eigenvalue weighted by Crippen LogP contribution is -2.34. The Kier molecular flexibility index (Phi) is 7.81. The maximum atomic E-state index is 13.9. The van der Waals surface area contributed by atoms with Gasteiger partial charge in [-0.2, -0.15) is 0 Å². The highest BCUT2D eigenvalue weighted by molar-refractivity contribution is 6.36. The van der Waals surface area contributed by atoms with Crippen molar-refractivity contribution in [3.8, 4) is 22.6 Å². The third kappa shape index (κ3) is 5.74. The van der Waals surface area contributed by atoms with Crippen molar-refractivity contribution in [2.75, 3.05) is 32.5 Å². The van der Waals surface area contributed by atoms with Crippen LogP contribution in [-0.2, 0) is 0 Å². The van der Waals surface area contributed by atoms with Gasteiger partial charge >= 0.3 is 0 Å². The van der Waals surface area contributed by atoms with Crippen LogP contribution in [0.1, 0.15) is 31.4 Å². The number of piperidine rings is 1. The number of halogens is 3. The van der Waals surface area contributed by atoms with Gasteiger partial charge in [0, 0.05) is 34.8 Å². The van der Waals surface area contributed by atoms with Gasteiger partial charge in [0.25, 0.3) is 0 Å². The second-order valence-electron chi connectivity index (χ2n) is 8.73. The average molecular weight is 504 g/mol. The number of aromatic nitrogens is 1. The van der Waals surface area contributed by atoms with Crippen molar-refractivity contribution in [3.05, 3.63) is 70.1 Å². The molecule has 3 aromatic rings. The smallest absolute Gasteiger partial charge is 0.166 e. The van der Waals surface area contributed by atoms with Gasteiger partial charge in [-0.25, -0.2) is 9.37 Å². The van der Waals surface area contributed by atoms with Crippen molar-refractivity contribution < 1.29 is 13.9 Å². The summed E-state index contributed by atoms with van der Waals surface area (Å²) in [6.45, 7) is 4.68.